The molecule has 1 aromatic heterocycles. The first-order valence-corrected chi connectivity index (χ1v) is 10.2. The summed E-state index contributed by atoms with van der Waals surface area (Å²) in [6.45, 7) is 0. The van der Waals surface area contributed by atoms with Gasteiger partial charge in [0.05, 0.1) is 4.88 Å². The van der Waals surface area contributed by atoms with Crippen LogP contribution in [0.5, 0.6) is 0 Å². The maximum Gasteiger partial charge on any atom is 0.313 e. The van der Waals surface area contributed by atoms with E-state index < -0.39 is 0 Å². The Morgan fingerprint density at radius 2 is 1.42 bits per heavy atom. The lowest BCUT2D eigenvalue weighted by atomic mass is 9.93. The van der Waals surface area contributed by atoms with Gasteiger partial charge < -0.3 is 0 Å². The first-order chi connectivity index (χ1) is 11.7. The topological polar surface area (TPSA) is 3.01 Å². The smallest absolute Gasteiger partial charge is 0.217 e. The summed E-state index contributed by atoms with van der Waals surface area (Å²) in [7, 11) is 4.25. The number of benzene rings is 2. The van der Waals surface area contributed by atoms with E-state index in [0.717, 1.165) is 25.7 Å². The summed E-state index contributed by atoms with van der Waals surface area (Å²) in [5, 5.41) is 2.32. The third kappa shape index (κ3) is 3.24. The Balaban J connectivity index is 1.79. The quantitative estimate of drug-likeness (QED) is 0.571. The Morgan fingerprint density at radius 3 is 2.08 bits per heavy atom. The molecule has 0 atom stereocenters. The van der Waals surface area contributed by atoms with Crippen molar-refractivity contribution in [2.75, 3.05) is 14.1 Å². The molecule has 0 aliphatic heterocycles. The summed E-state index contributed by atoms with van der Waals surface area (Å²) in [6.07, 6.45) is 4.45. The fourth-order valence-corrected chi connectivity index (χ4v) is 5.39. The Hall–Kier alpha value is -1.71. The molecule has 1 nitrogen and oxygen atoms in total. The molecule has 0 saturated carbocycles. The van der Waals surface area contributed by atoms with Crippen molar-refractivity contribution in [3.63, 3.8) is 0 Å². The Morgan fingerprint density at radius 1 is 0.792 bits per heavy atom. The molecule has 0 spiro atoms. The van der Waals surface area contributed by atoms with Crippen LogP contribution in [-0.4, -0.2) is 14.1 Å². The molecular weight excluding hydrogens is 330 g/mol. The molecule has 24 heavy (non-hydrogen) atoms. The molecule has 0 unspecified atom stereocenters. The van der Waals surface area contributed by atoms with Crippen LogP contribution in [0.15, 0.2) is 47.8 Å². The van der Waals surface area contributed by atoms with Crippen LogP contribution in [0.1, 0.15) is 22.3 Å². The molecule has 1 heterocycles. The zero-order valence-electron chi connectivity index (χ0n) is 14.2. The minimum atomic E-state index is 1.11. The molecule has 0 fully saturated rings. The summed E-state index contributed by atoms with van der Waals surface area (Å²) in [5.41, 5.74) is 7.25. The molecule has 0 amide bonds. The van der Waals surface area contributed by atoms with Crippen molar-refractivity contribution in [2.45, 2.75) is 25.7 Å². The minimum absolute atomic E-state index is 1.11. The van der Waals surface area contributed by atoms with E-state index in [9.17, 15) is 0 Å². The van der Waals surface area contributed by atoms with Crippen molar-refractivity contribution in [1.29, 1.82) is 0 Å². The Kier molecular flexibility index (Phi) is 4.38. The number of rotatable bonds is 1. The molecule has 122 valence electrons. The second-order valence-electron chi connectivity index (χ2n) is 6.67. The summed E-state index contributed by atoms with van der Waals surface area (Å²) < 4.78 is 3.57. The SMILES string of the molecule is C[N+](C)=c1scc(-c2cc3ccc2CCc2ccc(cc2)CC3)s1. The normalized spacial score (nSPS) is 13.6. The number of nitrogens with zero attached hydrogens (tertiary/aromatic N) is 1. The molecule has 0 N–H and O–H groups in total. The Bertz CT molecular complexity index is 925. The molecule has 0 radical (unpaired) electrons. The predicted molar refractivity (Wildman–Crippen MR) is 106 cm³/mol. The molecular formula is C21H22NS2+. The average Bonchev–Trinajstić information content (AvgIpc) is 3.07. The highest BCUT2D eigenvalue weighted by atomic mass is 32.2. The predicted octanol–water partition coefficient (Wildman–Crippen LogP) is 4.39. The van der Waals surface area contributed by atoms with Crippen molar-refractivity contribution in [3.8, 4) is 10.4 Å². The molecule has 4 aliphatic carbocycles. The molecule has 3 aromatic rings. The van der Waals surface area contributed by atoms with E-state index in [1.165, 1.54) is 36.7 Å². The monoisotopic (exact) mass is 352 g/mol. The second-order valence-corrected chi connectivity index (χ2v) is 8.82. The second kappa shape index (κ2) is 6.66. The lowest BCUT2D eigenvalue weighted by Crippen LogP contribution is -2.14. The van der Waals surface area contributed by atoms with Gasteiger partial charge in [0.15, 0.2) is 0 Å². The summed E-state index contributed by atoms with van der Waals surface area (Å²) in [6, 6.07) is 16.3. The van der Waals surface area contributed by atoms with E-state index in [4.69, 9.17) is 0 Å². The minimum Gasteiger partial charge on any atom is -0.217 e. The molecule has 7 rings (SSSR count). The number of hydrogen-bond acceptors (Lipinski definition) is 2. The van der Waals surface area contributed by atoms with Crippen LogP contribution in [0.4, 0.5) is 0 Å². The highest BCUT2D eigenvalue weighted by molar-refractivity contribution is 7.28. The summed E-state index contributed by atoms with van der Waals surface area (Å²) >= 11 is 3.75. The molecule has 2 aromatic carbocycles. The third-order valence-electron chi connectivity index (χ3n) is 4.68. The lowest BCUT2D eigenvalue weighted by molar-refractivity contribution is 0.844. The van der Waals surface area contributed by atoms with Crippen LogP contribution in [0.2, 0.25) is 0 Å². The van der Waals surface area contributed by atoms with E-state index >= 15 is 0 Å². The maximum atomic E-state index is 2.43. The van der Waals surface area contributed by atoms with Gasteiger partial charge in [-0.3, -0.25) is 0 Å². The van der Waals surface area contributed by atoms with E-state index in [0.29, 0.717) is 0 Å². The van der Waals surface area contributed by atoms with E-state index in [1.807, 2.05) is 22.7 Å². The lowest BCUT2D eigenvalue weighted by Gasteiger charge is -2.13. The van der Waals surface area contributed by atoms with Crippen LogP contribution in [0.3, 0.4) is 0 Å². The average molecular weight is 353 g/mol. The molecule has 4 aliphatic rings. The number of aryl methyl sites for hydroxylation is 4. The van der Waals surface area contributed by atoms with Crippen molar-refractivity contribution >= 4 is 22.7 Å². The highest BCUT2D eigenvalue weighted by Gasteiger charge is 2.12. The highest BCUT2D eigenvalue weighted by Crippen LogP contribution is 2.30. The van der Waals surface area contributed by atoms with Crippen LogP contribution in [-0.2, 0) is 25.7 Å². The standard InChI is InChI=1S/C21H22NS2/c1-22(2)21-23-14-20(24-21)19-13-17-8-7-15-3-5-16(6-4-15)9-11-18(19)12-10-17/h3-6,10,12-14H,7-9,11H2,1-2H3/q+1. The van der Waals surface area contributed by atoms with E-state index in [2.05, 4.69) is 66.5 Å². The van der Waals surface area contributed by atoms with Crippen LogP contribution >= 0.6 is 22.7 Å². The van der Waals surface area contributed by atoms with Gasteiger partial charge in [-0.15, -0.1) is 0 Å². The Labute approximate surface area is 151 Å². The van der Waals surface area contributed by atoms with Gasteiger partial charge in [-0.2, -0.15) is 0 Å². The summed E-state index contributed by atoms with van der Waals surface area (Å²) in [5.74, 6) is 0. The van der Waals surface area contributed by atoms with Crippen molar-refractivity contribution in [1.82, 2.24) is 4.58 Å². The molecule has 4 bridgehead atoms. The van der Waals surface area contributed by atoms with Gasteiger partial charge in [0.25, 0.3) is 0 Å². The maximum absolute atomic E-state index is 2.43. The van der Waals surface area contributed by atoms with Gasteiger partial charge in [-0.25, -0.2) is 4.58 Å². The largest absolute Gasteiger partial charge is 0.313 e. The zero-order valence-corrected chi connectivity index (χ0v) is 15.8. The first kappa shape index (κ1) is 15.8. The van der Waals surface area contributed by atoms with Crippen molar-refractivity contribution in [3.05, 3.63) is 74.1 Å². The fourth-order valence-electron chi connectivity index (χ4n) is 3.23. The van der Waals surface area contributed by atoms with Gasteiger partial charge in [0, 0.05) is 5.38 Å². The first-order valence-electron chi connectivity index (χ1n) is 8.48. The van der Waals surface area contributed by atoms with Crippen molar-refractivity contribution in [2.24, 2.45) is 0 Å². The third-order valence-corrected chi connectivity index (χ3v) is 7.38. The fraction of sp³-hybridized carbons (Fsp3) is 0.286. The van der Waals surface area contributed by atoms with Gasteiger partial charge >= 0.3 is 3.98 Å². The van der Waals surface area contributed by atoms with Crippen LogP contribution < -0.4 is 8.56 Å². The zero-order chi connectivity index (χ0) is 16.5. The summed E-state index contributed by atoms with van der Waals surface area (Å²) in [4.78, 5) is 1.41. The van der Waals surface area contributed by atoms with E-state index in [1.54, 1.807) is 0 Å². The van der Waals surface area contributed by atoms with E-state index in [-0.39, 0.29) is 0 Å². The van der Waals surface area contributed by atoms with Crippen molar-refractivity contribution < 1.29 is 0 Å². The van der Waals surface area contributed by atoms with Gasteiger partial charge in [-0.1, -0.05) is 65.1 Å². The van der Waals surface area contributed by atoms with Gasteiger partial charge in [0.1, 0.15) is 14.1 Å². The molecule has 0 saturated heterocycles. The van der Waals surface area contributed by atoms with Gasteiger partial charge in [-0.05, 0) is 53.5 Å². The number of hydrogen-bond donors (Lipinski definition) is 0. The van der Waals surface area contributed by atoms with Gasteiger partial charge in [0.2, 0.25) is 0 Å². The van der Waals surface area contributed by atoms with Crippen LogP contribution in [0, 0.1) is 0 Å². The molecule has 3 heteroatoms. The van der Waals surface area contributed by atoms with Crippen LogP contribution in [0.25, 0.3) is 10.4 Å².